The van der Waals surface area contributed by atoms with Gasteiger partial charge in [-0.1, -0.05) is 41.5 Å². The van der Waals surface area contributed by atoms with Crippen LogP contribution >= 0.6 is 0 Å². The van der Waals surface area contributed by atoms with Gasteiger partial charge in [-0.05, 0) is 38.0 Å². The number of aryl methyl sites for hydroxylation is 2. The Morgan fingerprint density at radius 2 is 1.71 bits per heavy atom. The molecule has 0 aliphatic heterocycles. The number of methoxy groups -OCH3 is 1. The average molecular weight is 283 g/mol. The van der Waals surface area contributed by atoms with Gasteiger partial charge in [0.05, 0.1) is 12.7 Å². The highest BCUT2D eigenvalue weighted by atomic mass is 16.5. The van der Waals surface area contributed by atoms with Crippen molar-refractivity contribution in [1.82, 2.24) is 5.32 Å². The Kier molecular flexibility index (Phi) is 4.99. The molecule has 1 N–H and O–H groups in total. The molecule has 0 radical (unpaired) electrons. The minimum Gasteiger partial charge on any atom is -0.496 e. The van der Waals surface area contributed by atoms with Crippen LogP contribution in [-0.4, -0.2) is 19.6 Å². The van der Waals surface area contributed by atoms with Crippen LogP contribution in [0.4, 0.5) is 0 Å². The standard InChI is InChI=1S/C18H21NO2/c1-13-4-7-15(8-5-13)10-11-19-18(20)16-12-14(2)6-9-17(16)21-3/h4-9,12H,10-11H2,1-3H3,(H,19,20). The van der Waals surface area contributed by atoms with Crippen LogP contribution in [-0.2, 0) is 6.42 Å². The van der Waals surface area contributed by atoms with Gasteiger partial charge in [-0.2, -0.15) is 0 Å². The lowest BCUT2D eigenvalue weighted by Gasteiger charge is -2.10. The summed E-state index contributed by atoms with van der Waals surface area (Å²) in [5, 5.41) is 2.95. The fourth-order valence-corrected chi connectivity index (χ4v) is 2.17. The number of carbonyl (C=O) groups excluding carboxylic acids is 1. The number of nitrogens with one attached hydrogen (secondary N) is 1. The molecule has 2 aromatic carbocycles. The van der Waals surface area contributed by atoms with Crippen molar-refractivity contribution >= 4 is 5.91 Å². The Morgan fingerprint density at radius 3 is 2.38 bits per heavy atom. The lowest BCUT2D eigenvalue weighted by molar-refractivity contribution is 0.0951. The summed E-state index contributed by atoms with van der Waals surface area (Å²) in [6, 6.07) is 14.0. The van der Waals surface area contributed by atoms with Gasteiger partial charge < -0.3 is 10.1 Å². The van der Waals surface area contributed by atoms with Crippen LogP contribution in [0.5, 0.6) is 5.75 Å². The highest BCUT2D eigenvalue weighted by Crippen LogP contribution is 2.19. The summed E-state index contributed by atoms with van der Waals surface area (Å²) >= 11 is 0. The quantitative estimate of drug-likeness (QED) is 0.914. The van der Waals surface area contributed by atoms with Crippen LogP contribution in [0.25, 0.3) is 0 Å². The summed E-state index contributed by atoms with van der Waals surface area (Å²) in [5.41, 5.74) is 4.09. The SMILES string of the molecule is COc1ccc(C)cc1C(=O)NCCc1ccc(C)cc1. The van der Waals surface area contributed by atoms with Crippen molar-refractivity contribution in [3.63, 3.8) is 0 Å². The first-order chi connectivity index (χ1) is 10.1. The largest absolute Gasteiger partial charge is 0.496 e. The lowest BCUT2D eigenvalue weighted by atomic mass is 10.1. The summed E-state index contributed by atoms with van der Waals surface area (Å²) < 4.78 is 5.24. The fourth-order valence-electron chi connectivity index (χ4n) is 2.17. The molecule has 0 aliphatic carbocycles. The summed E-state index contributed by atoms with van der Waals surface area (Å²) in [4.78, 5) is 12.2. The second-order valence-electron chi connectivity index (χ2n) is 5.20. The van der Waals surface area contributed by atoms with E-state index >= 15 is 0 Å². The topological polar surface area (TPSA) is 38.3 Å². The van der Waals surface area contributed by atoms with Gasteiger partial charge in [0, 0.05) is 6.54 Å². The molecule has 0 aliphatic rings. The van der Waals surface area contributed by atoms with E-state index in [1.807, 2.05) is 25.1 Å². The normalized spacial score (nSPS) is 10.2. The summed E-state index contributed by atoms with van der Waals surface area (Å²) in [6.45, 7) is 4.64. The molecule has 1 amide bonds. The Labute approximate surface area is 126 Å². The summed E-state index contributed by atoms with van der Waals surface area (Å²) in [5.74, 6) is 0.510. The Morgan fingerprint density at radius 1 is 1.05 bits per heavy atom. The van der Waals surface area contributed by atoms with E-state index in [1.165, 1.54) is 11.1 Å². The highest BCUT2D eigenvalue weighted by molar-refractivity contribution is 5.97. The van der Waals surface area contributed by atoms with Crippen LogP contribution in [0.3, 0.4) is 0 Å². The molecule has 0 heterocycles. The van der Waals surface area contributed by atoms with Crippen LogP contribution in [0.15, 0.2) is 42.5 Å². The zero-order valence-electron chi connectivity index (χ0n) is 12.8. The van der Waals surface area contributed by atoms with Gasteiger partial charge in [-0.25, -0.2) is 0 Å². The molecule has 0 spiro atoms. The molecule has 0 atom stereocenters. The maximum Gasteiger partial charge on any atom is 0.255 e. The molecular weight excluding hydrogens is 262 g/mol. The van der Waals surface area contributed by atoms with E-state index in [2.05, 4.69) is 36.5 Å². The number of amides is 1. The van der Waals surface area contributed by atoms with Gasteiger partial charge in [0.1, 0.15) is 5.75 Å². The van der Waals surface area contributed by atoms with E-state index in [4.69, 9.17) is 4.74 Å². The number of carbonyl (C=O) groups is 1. The monoisotopic (exact) mass is 283 g/mol. The first kappa shape index (κ1) is 15.1. The molecule has 110 valence electrons. The molecule has 2 rings (SSSR count). The van der Waals surface area contributed by atoms with Gasteiger partial charge in [-0.15, -0.1) is 0 Å². The zero-order valence-corrected chi connectivity index (χ0v) is 12.8. The number of ether oxygens (including phenoxy) is 1. The van der Waals surface area contributed by atoms with Crippen LogP contribution in [0.1, 0.15) is 27.0 Å². The molecule has 0 fully saturated rings. The van der Waals surface area contributed by atoms with Gasteiger partial charge in [0.15, 0.2) is 0 Å². The predicted octanol–water partition coefficient (Wildman–Crippen LogP) is 3.28. The smallest absolute Gasteiger partial charge is 0.255 e. The third kappa shape index (κ3) is 4.09. The number of benzene rings is 2. The zero-order chi connectivity index (χ0) is 15.2. The molecule has 2 aromatic rings. The summed E-state index contributed by atoms with van der Waals surface area (Å²) in [6.07, 6.45) is 0.820. The minimum absolute atomic E-state index is 0.0948. The molecule has 0 unspecified atom stereocenters. The maximum absolute atomic E-state index is 12.2. The number of hydrogen-bond donors (Lipinski definition) is 1. The van der Waals surface area contributed by atoms with Crippen LogP contribution in [0, 0.1) is 13.8 Å². The molecule has 3 nitrogen and oxygen atoms in total. The predicted molar refractivity (Wildman–Crippen MR) is 84.9 cm³/mol. The molecular formula is C18H21NO2. The van der Waals surface area contributed by atoms with E-state index in [1.54, 1.807) is 7.11 Å². The second-order valence-corrected chi connectivity index (χ2v) is 5.20. The first-order valence-corrected chi connectivity index (χ1v) is 7.08. The Hall–Kier alpha value is -2.29. The van der Waals surface area contributed by atoms with Gasteiger partial charge in [-0.3, -0.25) is 4.79 Å². The third-order valence-electron chi connectivity index (χ3n) is 3.42. The number of hydrogen-bond acceptors (Lipinski definition) is 2. The van der Waals surface area contributed by atoms with Gasteiger partial charge in [0.25, 0.3) is 5.91 Å². The van der Waals surface area contributed by atoms with Crippen LogP contribution < -0.4 is 10.1 Å². The van der Waals surface area contributed by atoms with E-state index < -0.39 is 0 Å². The highest BCUT2D eigenvalue weighted by Gasteiger charge is 2.11. The maximum atomic E-state index is 12.2. The van der Waals surface area contributed by atoms with E-state index in [9.17, 15) is 4.79 Å². The van der Waals surface area contributed by atoms with E-state index in [0.29, 0.717) is 17.9 Å². The second kappa shape index (κ2) is 6.93. The average Bonchev–Trinajstić information content (AvgIpc) is 2.49. The molecule has 21 heavy (non-hydrogen) atoms. The molecule has 0 aromatic heterocycles. The lowest BCUT2D eigenvalue weighted by Crippen LogP contribution is -2.26. The van der Waals surface area contributed by atoms with Gasteiger partial charge >= 0.3 is 0 Å². The summed E-state index contributed by atoms with van der Waals surface area (Å²) in [7, 11) is 1.58. The van der Waals surface area contributed by atoms with Gasteiger partial charge in [0.2, 0.25) is 0 Å². The first-order valence-electron chi connectivity index (χ1n) is 7.08. The fraction of sp³-hybridized carbons (Fsp3) is 0.278. The molecule has 3 heteroatoms. The van der Waals surface area contributed by atoms with Crippen molar-refractivity contribution in [3.8, 4) is 5.75 Å². The van der Waals surface area contributed by atoms with Crippen molar-refractivity contribution in [2.45, 2.75) is 20.3 Å². The van der Waals surface area contributed by atoms with E-state index in [-0.39, 0.29) is 5.91 Å². The van der Waals surface area contributed by atoms with Crippen LogP contribution in [0.2, 0.25) is 0 Å². The van der Waals surface area contributed by atoms with E-state index in [0.717, 1.165) is 12.0 Å². The Bertz CT molecular complexity index is 618. The van der Waals surface area contributed by atoms with Crippen molar-refractivity contribution in [1.29, 1.82) is 0 Å². The molecule has 0 bridgehead atoms. The minimum atomic E-state index is -0.0948. The van der Waals surface area contributed by atoms with Crippen molar-refractivity contribution in [3.05, 3.63) is 64.7 Å². The molecule has 0 saturated heterocycles. The van der Waals surface area contributed by atoms with Crippen molar-refractivity contribution < 1.29 is 9.53 Å². The molecule has 0 saturated carbocycles. The number of rotatable bonds is 5. The van der Waals surface area contributed by atoms with Crippen molar-refractivity contribution in [2.75, 3.05) is 13.7 Å². The van der Waals surface area contributed by atoms with Crippen molar-refractivity contribution in [2.24, 2.45) is 0 Å². The Balaban J connectivity index is 1.95. The third-order valence-corrected chi connectivity index (χ3v) is 3.42.